The van der Waals surface area contributed by atoms with E-state index in [0.717, 1.165) is 22.7 Å². The van der Waals surface area contributed by atoms with Crippen molar-refractivity contribution in [1.82, 2.24) is 9.78 Å². The topological polar surface area (TPSA) is 56.5 Å². The van der Waals surface area contributed by atoms with Crippen molar-refractivity contribution < 1.29 is 4.74 Å². The summed E-state index contributed by atoms with van der Waals surface area (Å²) in [5.41, 5.74) is 3.26. The van der Waals surface area contributed by atoms with E-state index >= 15 is 0 Å². The van der Waals surface area contributed by atoms with Crippen LogP contribution in [-0.4, -0.2) is 16.9 Å². The Labute approximate surface area is 121 Å². The van der Waals surface area contributed by atoms with Gasteiger partial charge in [-0.25, -0.2) is 4.68 Å². The van der Waals surface area contributed by atoms with Gasteiger partial charge < -0.3 is 4.74 Å². The summed E-state index contributed by atoms with van der Waals surface area (Å²) in [7, 11) is 1.64. The van der Waals surface area contributed by atoms with Gasteiger partial charge in [-0.15, -0.1) is 4.91 Å². The molecule has 0 aliphatic heterocycles. The van der Waals surface area contributed by atoms with Crippen molar-refractivity contribution in [1.29, 1.82) is 0 Å². The molecule has 0 saturated carbocycles. The van der Waals surface area contributed by atoms with E-state index in [1.54, 1.807) is 25.4 Å². The summed E-state index contributed by atoms with van der Waals surface area (Å²) < 4.78 is 6.99. The molecular formula is C16H13N3O2. The summed E-state index contributed by atoms with van der Waals surface area (Å²) in [5, 5.41) is 7.26. The molecule has 1 heterocycles. The van der Waals surface area contributed by atoms with Crippen molar-refractivity contribution in [2.75, 3.05) is 7.11 Å². The first kappa shape index (κ1) is 13.1. The Balaban J connectivity index is 2.00. The number of nitrogens with zero attached hydrogens (tertiary/aromatic N) is 3. The molecule has 21 heavy (non-hydrogen) atoms. The second-order valence-corrected chi connectivity index (χ2v) is 4.46. The molecule has 5 nitrogen and oxygen atoms in total. The average molecular weight is 279 g/mol. The molecule has 5 heteroatoms. The minimum Gasteiger partial charge on any atom is -0.497 e. The van der Waals surface area contributed by atoms with Crippen LogP contribution in [0.2, 0.25) is 0 Å². The zero-order valence-corrected chi connectivity index (χ0v) is 11.4. The maximum Gasteiger partial charge on any atom is 0.119 e. The van der Waals surface area contributed by atoms with Gasteiger partial charge in [0.15, 0.2) is 0 Å². The van der Waals surface area contributed by atoms with Crippen molar-refractivity contribution in [2.45, 2.75) is 0 Å². The highest BCUT2D eigenvalue weighted by atomic mass is 16.5. The maximum atomic E-state index is 10.5. The number of benzene rings is 2. The summed E-state index contributed by atoms with van der Waals surface area (Å²) in [5.74, 6) is 0.800. The lowest BCUT2D eigenvalue weighted by Gasteiger charge is -2.08. The van der Waals surface area contributed by atoms with Crippen LogP contribution in [0.5, 0.6) is 5.75 Å². The van der Waals surface area contributed by atoms with Crippen molar-refractivity contribution in [3.8, 4) is 22.7 Å². The monoisotopic (exact) mass is 279 g/mol. The normalized spacial score (nSPS) is 10.3. The molecule has 0 fully saturated rings. The molecule has 0 spiro atoms. The van der Waals surface area contributed by atoms with Crippen molar-refractivity contribution in [3.05, 3.63) is 65.7 Å². The number of nitroso groups, excluding NO2 is 1. The van der Waals surface area contributed by atoms with Gasteiger partial charge in [0.25, 0.3) is 0 Å². The van der Waals surface area contributed by atoms with Crippen molar-refractivity contribution in [3.63, 3.8) is 0 Å². The SMILES string of the molecule is COc1ccc(-n2nccc2-c2ccc(N=O)cc2)cc1. The number of aromatic nitrogens is 2. The van der Waals surface area contributed by atoms with E-state index in [1.807, 2.05) is 47.1 Å². The first-order valence-electron chi connectivity index (χ1n) is 6.44. The van der Waals surface area contributed by atoms with E-state index < -0.39 is 0 Å². The minimum absolute atomic E-state index is 0.411. The minimum atomic E-state index is 0.411. The molecule has 0 N–H and O–H groups in total. The molecular weight excluding hydrogens is 266 g/mol. The number of rotatable bonds is 4. The molecule has 0 atom stereocenters. The third-order valence-corrected chi connectivity index (χ3v) is 3.23. The zero-order valence-electron chi connectivity index (χ0n) is 11.4. The Hall–Kier alpha value is -2.95. The van der Waals surface area contributed by atoms with Crippen LogP contribution in [-0.2, 0) is 0 Å². The number of hydrogen-bond acceptors (Lipinski definition) is 4. The van der Waals surface area contributed by atoms with Crippen LogP contribution in [0, 0.1) is 4.91 Å². The Morgan fingerprint density at radius 2 is 1.71 bits per heavy atom. The first-order valence-corrected chi connectivity index (χ1v) is 6.44. The van der Waals surface area contributed by atoms with Crippen LogP contribution in [0.4, 0.5) is 5.69 Å². The fourth-order valence-electron chi connectivity index (χ4n) is 2.14. The highest BCUT2D eigenvalue weighted by Crippen LogP contribution is 2.25. The fourth-order valence-corrected chi connectivity index (χ4v) is 2.14. The highest BCUT2D eigenvalue weighted by molar-refractivity contribution is 5.64. The summed E-state index contributed by atoms with van der Waals surface area (Å²) in [4.78, 5) is 10.5. The fraction of sp³-hybridized carbons (Fsp3) is 0.0625. The van der Waals surface area contributed by atoms with Gasteiger partial charge in [0, 0.05) is 5.56 Å². The maximum absolute atomic E-state index is 10.5. The molecule has 0 bridgehead atoms. The quantitative estimate of drug-likeness (QED) is 0.679. The van der Waals surface area contributed by atoms with Gasteiger partial charge in [-0.3, -0.25) is 0 Å². The van der Waals surface area contributed by atoms with Crippen LogP contribution in [0.1, 0.15) is 0 Å². The first-order chi connectivity index (χ1) is 10.3. The molecule has 2 aromatic carbocycles. The molecule has 3 rings (SSSR count). The molecule has 0 aliphatic rings. The summed E-state index contributed by atoms with van der Waals surface area (Å²) in [6.07, 6.45) is 1.74. The van der Waals surface area contributed by atoms with Gasteiger partial charge >= 0.3 is 0 Å². The molecule has 0 radical (unpaired) electrons. The molecule has 0 unspecified atom stereocenters. The number of ether oxygens (including phenoxy) is 1. The van der Waals surface area contributed by atoms with E-state index in [0.29, 0.717) is 5.69 Å². The lowest BCUT2D eigenvalue weighted by atomic mass is 10.1. The van der Waals surface area contributed by atoms with E-state index in [9.17, 15) is 4.91 Å². The third-order valence-electron chi connectivity index (χ3n) is 3.23. The number of hydrogen-bond donors (Lipinski definition) is 0. The van der Waals surface area contributed by atoms with Gasteiger partial charge in [-0.05, 0) is 47.6 Å². The van der Waals surface area contributed by atoms with Crippen LogP contribution < -0.4 is 4.74 Å². The summed E-state index contributed by atoms with van der Waals surface area (Å²) in [6.45, 7) is 0. The van der Waals surface area contributed by atoms with Crippen LogP contribution >= 0.6 is 0 Å². The van der Waals surface area contributed by atoms with E-state index in [4.69, 9.17) is 4.74 Å². The van der Waals surface area contributed by atoms with E-state index in [2.05, 4.69) is 10.3 Å². The second-order valence-electron chi connectivity index (χ2n) is 4.46. The Morgan fingerprint density at radius 3 is 2.33 bits per heavy atom. The molecule has 0 amide bonds. The van der Waals surface area contributed by atoms with Crippen LogP contribution in [0.15, 0.2) is 66.0 Å². The zero-order chi connectivity index (χ0) is 14.7. The van der Waals surface area contributed by atoms with Crippen molar-refractivity contribution >= 4 is 5.69 Å². The van der Waals surface area contributed by atoms with Crippen molar-refractivity contribution in [2.24, 2.45) is 5.18 Å². The van der Waals surface area contributed by atoms with Crippen LogP contribution in [0.25, 0.3) is 16.9 Å². The van der Waals surface area contributed by atoms with Crippen LogP contribution in [0.3, 0.4) is 0 Å². The van der Waals surface area contributed by atoms with Gasteiger partial charge in [0.2, 0.25) is 0 Å². The van der Waals surface area contributed by atoms with Gasteiger partial charge in [0.05, 0.1) is 24.7 Å². The van der Waals surface area contributed by atoms with E-state index in [-0.39, 0.29) is 0 Å². The highest BCUT2D eigenvalue weighted by Gasteiger charge is 2.07. The average Bonchev–Trinajstić information content (AvgIpc) is 3.04. The molecule has 104 valence electrons. The molecule has 0 saturated heterocycles. The predicted molar refractivity (Wildman–Crippen MR) is 81.0 cm³/mol. The third kappa shape index (κ3) is 2.53. The Kier molecular flexibility index (Phi) is 3.47. The smallest absolute Gasteiger partial charge is 0.119 e. The van der Waals surface area contributed by atoms with Gasteiger partial charge in [0.1, 0.15) is 11.4 Å². The van der Waals surface area contributed by atoms with Gasteiger partial charge in [-0.2, -0.15) is 5.10 Å². The molecule has 3 aromatic rings. The lowest BCUT2D eigenvalue weighted by molar-refractivity contribution is 0.414. The predicted octanol–water partition coefficient (Wildman–Crippen LogP) is 3.95. The largest absolute Gasteiger partial charge is 0.497 e. The summed E-state index contributed by atoms with van der Waals surface area (Å²) >= 11 is 0. The van der Waals surface area contributed by atoms with Gasteiger partial charge in [-0.1, -0.05) is 12.1 Å². The molecule has 0 aliphatic carbocycles. The summed E-state index contributed by atoms with van der Waals surface area (Å²) in [6, 6.07) is 16.7. The standard InChI is InChI=1S/C16H13N3O2/c1-21-15-8-6-14(7-9-15)19-16(10-11-17-19)12-2-4-13(18-20)5-3-12/h2-11H,1H3. The molecule has 1 aromatic heterocycles. The Morgan fingerprint density at radius 1 is 1.00 bits per heavy atom. The Bertz CT molecular complexity index is 746. The second kappa shape index (κ2) is 5.58. The number of methoxy groups -OCH3 is 1. The van der Waals surface area contributed by atoms with E-state index in [1.165, 1.54) is 0 Å². The lowest BCUT2D eigenvalue weighted by Crippen LogP contribution is -1.98.